The molecule has 0 amide bonds. The van der Waals surface area contributed by atoms with Gasteiger partial charge in [0.25, 0.3) is 0 Å². The van der Waals surface area contributed by atoms with Crippen molar-refractivity contribution in [2.45, 2.75) is 64.7 Å². The molecule has 24 heavy (non-hydrogen) atoms. The molecule has 2 rings (SSSR count). The first-order valence-corrected chi connectivity index (χ1v) is 13.7. The van der Waals surface area contributed by atoms with Crippen LogP contribution in [0.1, 0.15) is 64.7 Å². The van der Waals surface area contributed by atoms with Crippen molar-refractivity contribution < 1.29 is 23.3 Å². The summed E-state index contributed by atoms with van der Waals surface area (Å²) in [5.74, 6) is 0. The van der Waals surface area contributed by atoms with Crippen molar-refractivity contribution in [3.8, 4) is 0 Å². The van der Waals surface area contributed by atoms with Crippen LogP contribution in [0.15, 0.2) is 36.0 Å². The van der Waals surface area contributed by atoms with Gasteiger partial charge in [-0.2, -0.15) is 12.2 Å². The predicted molar refractivity (Wildman–Crippen MR) is 116 cm³/mol. The van der Waals surface area contributed by atoms with Gasteiger partial charge in [-0.15, -0.1) is 37.7 Å². The number of halogens is 2. The molecule has 0 aromatic rings. The van der Waals surface area contributed by atoms with Crippen LogP contribution in [0.25, 0.3) is 0 Å². The molecule has 0 saturated carbocycles. The first-order chi connectivity index (χ1) is 9.93. The topological polar surface area (TPSA) is 0 Å². The van der Waals surface area contributed by atoms with Crippen molar-refractivity contribution >= 4 is 31.7 Å². The first kappa shape index (κ1) is 35.7. The molecule has 0 bridgehead atoms. The first-order valence-electron chi connectivity index (χ1n) is 7.76. The third-order valence-corrected chi connectivity index (χ3v) is 3.17. The van der Waals surface area contributed by atoms with Gasteiger partial charge in [-0.05, 0) is 0 Å². The average Bonchev–Trinajstić information content (AvgIpc) is 3.20. The van der Waals surface area contributed by atoms with Gasteiger partial charge in [0.2, 0.25) is 0 Å². The van der Waals surface area contributed by atoms with Gasteiger partial charge in [0.05, 0.1) is 0 Å². The van der Waals surface area contributed by atoms with Gasteiger partial charge < -0.3 is 14.9 Å². The van der Waals surface area contributed by atoms with Crippen LogP contribution in [0, 0.1) is 27.0 Å². The summed E-state index contributed by atoms with van der Waals surface area (Å²) < 4.78 is 0. The Bertz CT molecular complexity index is 327. The average molecular weight is 467 g/mol. The summed E-state index contributed by atoms with van der Waals surface area (Å²) in [6, 6.07) is 0. The predicted octanol–water partition coefficient (Wildman–Crippen LogP) is 6.56. The maximum absolute atomic E-state index is 3.22. The van der Waals surface area contributed by atoms with E-state index in [4.69, 9.17) is 0 Å². The van der Waals surface area contributed by atoms with Crippen LogP contribution in [-0.4, -0.2) is 6.88 Å². The molecule has 0 spiro atoms. The van der Waals surface area contributed by atoms with Gasteiger partial charge in [-0.3, -0.25) is 12.2 Å². The number of rotatable bonds is 7. The van der Waals surface area contributed by atoms with Gasteiger partial charge in [0.15, 0.2) is 0 Å². The Balaban J connectivity index is -0.0000000944. The second kappa shape index (κ2) is 31.4. The van der Waals surface area contributed by atoms with E-state index >= 15 is 0 Å². The minimum atomic E-state index is 0. The number of hydrogen-bond donors (Lipinski definition) is 0. The minimum absolute atomic E-state index is 0. The molecule has 0 nitrogen and oxygen atoms in total. The molecule has 0 aliphatic heterocycles. The number of allylic oxidation sites excluding steroid dienone is 8. The normalized spacial score (nSPS) is 11.9. The molecular formula is C20H36Cl2SiZr-4. The van der Waals surface area contributed by atoms with Crippen LogP contribution >= 0.6 is 24.8 Å². The molecule has 0 aromatic carbocycles. The molecule has 142 valence electrons. The number of hydrogen-bond acceptors (Lipinski definition) is 0. The molecule has 0 N–H and O–H groups in total. The molecule has 0 atom stereocenters. The molecule has 0 saturated heterocycles. The SMILES string of the molecule is CCCCCCCCC1=CC[C-]=C1.Cl.Cl.[C-]1=CC=CC1.[CH3-].[CH3-].[SiH2]=[Zr]. The van der Waals surface area contributed by atoms with Crippen LogP contribution in [0.2, 0.25) is 0 Å². The molecule has 2 aliphatic rings. The van der Waals surface area contributed by atoms with E-state index in [0.717, 1.165) is 12.8 Å². The van der Waals surface area contributed by atoms with Gasteiger partial charge in [0, 0.05) is 0 Å². The van der Waals surface area contributed by atoms with Crippen molar-refractivity contribution in [3.63, 3.8) is 0 Å². The van der Waals surface area contributed by atoms with E-state index in [9.17, 15) is 0 Å². The zero-order chi connectivity index (χ0) is 14.9. The summed E-state index contributed by atoms with van der Waals surface area (Å²) >= 11 is 1.58. The van der Waals surface area contributed by atoms with E-state index in [1.165, 1.54) is 50.5 Å². The summed E-state index contributed by atoms with van der Waals surface area (Å²) in [4.78, 5) is 0. The van der Waals surface area contributed by atoms with E-state index in [-0.39, 0.29) is 39.7 Å². The van der Waals surface area contributed by atoms with Crippen LogP contribution in [-0.2, 0) is 23.3 Å². The third-order valence-electron chi connectivity index (χ3n) is 3.17. The summed E-state index contributed by atoms with van der Waals surface area (Å²) in [6.45, 7) is 4.22. The molecule has 0 heterocycles. The Morgan fingerprint density at radius 2 is 1.58 bits per heavy atom. The molecule has 0 fully saturated rings. The molecule has 0 aromatic heterocycles. The monoisotopic (exact) mass is 464 g/mol. The van der Waals surface area contributed by atoms with Crippen LogP contribution < -0.4 is 0 Å². The molecule has 4 heteroatoms. The maximum atomic E-state index is 3.22. The fraction of sp³-hybridized carbons (Fsp3) is 0.500. The Labute approximate surface area is 181 Å². The number of unbranched alkanes of at least 4 members (excludes halogenated alkanes) is 5. The van der Waals surface area contributed by atoms with E-state index in [0.29, 0.717) is 0 Å². The summed E-state index contributed by atoms with van der Waals surface area (Å²) in [5, 5.41) is 0. The van der Waals surface area contributed by atoms with E-state index < -0.39 is 0 Å². The van der Waals surface area contributed by atoms with Gasteiger partial charge in [0.1, 0.15) is 0 Å². The third kappa shape index (κ3) is 24.9. The van der Waals surface area contributed by atoms with Gasteiger partial charge >= 0.3 is 30.2 Å². The zero-order valence-electron chi connectivity index (χ0n) is 15.8. The van der Waals surface area contributed by atoms with Crippen molar-refractivity contribution in [1.82, 2.24) is 0 Å². The summed E-state index contributed by atoms with van der Waals surface area (Å²) in [7, 11) is 0. The van der Waals surface area contributed by atoms with E-state index in [1.807, 2.05) is 19.0 Å². The van der Waals surface area contributed by atoms with Crippen molar-refractivity contribution in [2.24, 2.45) is 0 Å². The standard InChI is InChI=1S/C13H21.C5H5.2CH3.2ClH.H2Si.Zr/c1-2-3-4-5-6-7-10-13-11-8-9-12-13;1-2-4-5-3-1;;;;;;/h11-12H,2-8,10H2,1H3;1-3H,4H2;2*1H3;2*1H;1H2;/q4*-1;;;;. The van der Waals surface area contributed by atoms with E-state index in [2.05, 4.69) is 37.3 Å². The molecule has 2 aliphatic carbocycles. The Morgan fingerprint density at radius 1 is 0.958 bits per heavy atom. The fourth-order valence-electron chi connectivity index (χ4n) is 2.06. The summed E-state index contributed by atoms with van der Waals surface area (Å²) in [5.41, 5.74) is 1.51. The van der Waals surface area contributed by atoms with E-state index in [1.54, 1.807) is 23.3 Å². The summed E-state index contributed by atoms with van der Waals surface area (Å²) in [6.07, 6.45) is 28.4. The molecule has 0 radical (unpaired) electrons. The van der Waals surface area contributed by atoms with Crippen LogP contribution in [0.4, 0.5) is 0 Å². The van der Waals surface area contributed by atoms with Crippen molar-refractivity contribution in [1.29, 1.82) is 0 Å². The van der Waals surface area contributed by atoms with Crippen LogP contribution in [0.3, 0.4) is 0 Å². The van der Waals surface area contributed by atoms with Gasteiger partial charge in [-0.25, -0.2) is 23.8 Å². The second-order valence-electron chi connectivity index (χ2n) is 4.85. The van der Waals surface area contributed by atoms with Gasteiger partial charge in [-0.1, -0.05) is 51.9 Å². The zero-order valence-corrected chi connectivity index (χ0v) is 21.3. The Hall–Kier alpha value is 0.640. The quantitative estimate of drug-likeness (QED) is 0.226. The molecular weight excluding hydrogens is 430 g/mol. The van der Waals surface area contributed by atoms with Crippen molar-refractivity contribution in [2.75, 3.05) is 0 Å². The van der Waals surface area contributed by atoms with Crippen molar-refractivity contribution in [3.05, 3.63) is 63.0 Å². The Kier molecular flexibility index (Phi) is 46.7. The van der Waals surface area contributed by atoms with Crippen LogP contribution in [0.5, 0.6) is 0 Å². The Morgan fingerprint density at radius 3 is 2.00 bits per heavy atom. The fourth-order valence-corrected chi connectivity index (χ4v) is 2.06. The second-order valence-corrected chi connectivity index (χ2v) is 4.85. The molecule has 0 unspecified atom stereocenters.